The molecule has 1 saturated carbocycles. The molecule has 1 aliphatic carbocycles. The Morgan fingerprint density at radius 3 is 2.84 bits per heavy atom. The Morgan fingerprint density at radius 1 is 1.32 bits per heavy atom. The second-order valence-electron chi connectivity index (χ2n) is 7.71. The maximum absolute atomic E-state index is 12.8. The zero-order valence-corrected chi connectivity index (χ0v) is 15.2. The van der Waals surface area contributed by atoms with Crippen LogP contribution >= 0.6 is 0 Å². The normalized spacial score (nSPS) is 22.6. The maximum Gasteiger partial charge on any atom is 0.255 e. The Morgan fingerprint density at radius 2 is 2.16 bits per heavy atom. The number of amides is 1. The number of ether oxygens (including phenoxy) is 1. The summed E-state index contributed by atoms with van der Waals surface area (Å²) in [5.41, 5.74) is 3.92. The summed E-state index contributed by atoms with van der Waals surface area (Å²) in [5, 5.41) is 7.58. The molecule has 3 heterocycles. The number of carbonyl (C=O) groups excluding carboxylic acids is 1. The van der Waals surface area contributed by atoms with Crippen LogP contribution in [0.2, 0.25) is 0 Å². The molecule has 25 heavy (non-hydrogen) atoms. The number of hydrogen-bond donors (Lipinski definition) is 1. The van der Waals surface area contributed by atoms with Crippen molar-refractivity contribution in [1.29, 1.82) is 0 Å². The lowest BCUT2D eigenvalue weighted by Crippen LogP contribution is -2.51. The molecule has 1 amide bonds. The highest BCUT2D eigenvalue weighted by Crippen LogP contribution is 2.47. The number of nitrogens with one attached hydrogen (secondary N) is 1. The summed E-state index contributed by atoms with van der Waals surface area (Å²) in [6.07, 6.45) is 9.09. The number of fused-ring (bicyclic) bond motifs is 1. The molecule has 1 atom stereocenters. The number of rotatable bonds is 4. The molecule has 2 fully saturated rings. The highest BCUT2D eigenvalue weighted by atomic mass is 16.5. The van der Waals surface area contributed by atoms with E-state index in [-0.39, 0.29) is 11.3 Å². The van der Waals surface area contributed by atoms with Gasteiger partial charge in [-0.25, -0.2) is 4.52 Å². The van der Waals surface area contributed by atoms with Crippen molar-refractivity contribution in [1.82, 2.24) is 14.9 Å². The van der Waals surface area contributed by atoms with Gasteiger partial charge in [0.1, 0.15) is 0 Å². The Labute approximate surface area is 148 Å². The van der Waals surface area contributed by atoms with Gasteiger partial charge in [0.15, 0.2) is 0 Å². The highest BCUT2D eigenvalue weighted by molar-refractivity contribution is 6.00. The van der Waals surface area contributed by atoms with Crippen LogP contribution in [0.3, 0.4) is 0 Å². The number of carbonyl (C=O) groups is 1. The van der Waals surface area contributed by atoms with Crippen LogP contribution in [0.1, 0.15) is 60.1 Å². The zero-order valence-electron chi connectivity index (χ0n) is 15.2. The Kier molecular flexibility index (Phi) is 4.28. The summed E-state index contributed by atoms with van der Waals surface area (Å²) in [6.45, 7) is 5.66. The van der Waals surface area contributed by atoms with E-state index in [0.29, 0.717) is 18.2 Å². The van der Waals surface area contributed by atoms with E-state index in [1.807, 2.05) is 23.6 Å². The number of nitrogens with zero attached hydrogens (tertiary/aromatic N) is 2. The number of pyridine rings is 1. The minimum atomic E-state index is -0.0275. The van der Waals surface area contributed by atoms with Gasteiger partial charge in [0.2, 0.25) is 0 Å². The van der Waals surface area contributed by atoms with Crippen molar-refractivity contribution in [2.45, 2.75) is 58.5 Å². The first kappa shape index (κ1) is 16.6. The van der Waals surface area contributed by atoms with Gasteiger partial charge in [-0.05, 0) is 57.6 Å². The lowest BCUT2D eigenvalue weighted by molar-refractivity contribution is -0.101. The molecule has 0 bridgehead atoms. The highest BCUT2D eigenvalue weighted by Gasteiger charge is 2.45. The average Bonchev–Trinajstić information content (AvgIpc) is 3.03. The fraction of sp³-hybridized carbons (Fsp3) is 0.600. The summed E-state index contributed by atoms with van der Waals surface area (Å²) < 4.78 is 7.89. The minimum Gasteiger partial charge on any atom is -0.378 e. The lowest BCUT2D eigenvalue weighted by Gasteiger charge is -2.48. The van der Waals surface area contributed by atoms with E-state index < -0.39 is 0 Å². The van der Waals surface area contributed by atoms with Crippen LogP contribution < -0.4 is 5.32 Å². The predicted octanol–water partition coefficient (Wildman–Crippen LogP) is 3.42. The molecule has 0 spiro atoms. The molecule has 1 N–H and O–H groups in total. The summed E-state index contributed by atoms with van der Waals surface area (Å²) in [6, 6.07) is 4.03. The third kappa shape index (κ3) is 2.84. The molecule has 0 aromatic carbocycles. The lowest BCUT2D eigenvalue weighted by atomic mass is 9.63. The number of hydrogen-bond acceptors (Lipinski definition) is 3. The summed E-state index contributed by atoms with van der Waals surface area (Å²) in [5.74, 6) is -0.0275. The first-order chi connectivity index (χ1) is 12.1. The molecule has 5 heteroatoms. The Balaban J connectivity index is 1.49. The van der Waals surface area contributed by atoms with Crippen LogP contribution in [0.5, 0.6) is 0 Å². The molecule has 1 saturated heterocycles. The van der Waals surface area contributed by atoms with Crippen LogP contribution in [0.4, 0.5) is 0 Å². The third-order valence-electron chi connectivity index (χ3n) is 6.24. The predicted molar refractivity (Wildman–Crippen MR) is 96.9 cm³/mol. The van der Waals surface area contributed by atoms with Gasteiger partial charge in [-0.2, -0.15) is 5.10 Å². The van der Waals surface area contributed by atoms with Crippen molar-refractivity contribution in [2.75, 3.05) is 13.2 Å². The van der Waals surface area contributed by atoms with Crippen molar-refractivity contribution in [2.24, 2.45) is 5.41 Å². The van der Waals surface area contributed by atoms with Crippen LogP contribution in [-0.4, -0.2) is 34.8 Å². The first-order valence-electron chi connectivity index (χ1n) is 9.44. The van der Waals surface area contributed by atoms with E-state index in [1.54, 1.807) is 6.20 Å². The van der Waals surface area contributed by atoms with Crippen molar-refractivity contribution in [3.05, 3.63) is 35.2 Å². The molecular weight excluding hydrogens is 314 g/mol. The molecule has 2 aliphatic rings. The van der Waals surface area contributed by atoms with E-state index in [1.165, 1.54) is 24.8 Å². The second-order valence-corrected chi connectivity index (χ2v) is 7.71. The van der Waals surface area contributed by atoms with Crippen molar-refractivity contribution in [3.63, 3.8) is 0 Å². The third-order valence-corrected chi connectivity index (χ3v) is 6.24. The van der Waals surface area contributed by atoms with Gasteiger partial charge in [0.05, 0.1) is 23.4 Å². The maximum atomic E-state index is 12.8. The molecule has 0 radical (unpaired) electrons. The van der Waals surface area contributed by atoms with Gasteiger partial charge in [0, 0.05) is 24.3 Å². The molecule has 1 unspecified atom stereocenters. The van der Waals surface area contributed by atoms with Gasteiger partial charge in [-0.15, -0.1) is 0 Å². The minimum absolute atomic E-state index is 0.0275. The number of aromatic nitrogens is 2. The molecule has 134 valence electrons. The van der Waals surface area contributed by atoms with Crippen LogP contribution in [0, 0.1) is 19.3 Å². The van der Waals surface area contributed by atoms with Crippen molar-refractivity contribution in [3.8, 4) is 0 Å². The molecule has 2 aromatic rings. The smallest absolute Gasteiger partial charge is 0.255 e. The average molecular weight is 341 g/mol. The fourth-order valence-electron chi connectivity index (χ4n) is 4.27. The van der Waals surface area contributed by atoms with E-state index >= 15 is 0 Å². The van der Waals surface area contributed by atoms with Crippen LogP contribution in [0.15, 0.2) is 18.3 Å². The summed E-state index contributed by atoms with van der Waals surface area (Å²) >= 11 is 0. The van der Waals surface area contributed by atoms with Gasteiger partial charge in [0.25, 0.3) is 5.91 Å². The zero-order chi connectivity index (χ0) is 17.4. The Hall–Kier alpha value is -1.88. The molecule has 4 rings (SSSR count). The van der Waals surface area contributed by atoms with Crippen molar-refractivity contribution < 1.29 is 9.53 Å². The van der Waals surface area contributed by atoms with E-state index in [0.717, 1.165) is 37.1 Å². The van der Waals surface area contributed by atoms with Gasteiger partial charge in [-0.1, -0.05) is 12.5 Å². The van der Waals surface area contributed by atoms with Gasteiger partial charge in [-0.3, -0.25) is 4.79 Å². The first-order valence-corrected chi connectivity index (χ1v) is 9.44. The van der Waals surface area contributed by atoms with Gasteiger partial charge >= 0.3 is 0 Å². The quantitative estimate of drug-likeness (QED) is 0.927. The number of aryl methyl sites for hydroxylation is 2. The SMILES string of the molecule is Cc1ccc2c(C(=O)NCC3(C4CCCCO4)CCC3)cnn2c1C. The topological polar surface area (TPSA) is 55.6 Å². The summed E-state index contributed by atoms with van der Waals surface area (Å²) in [4.78, 5) is 12.8. The van der Waals surface area contributed by atoms with E-state index in [9.17, 15) is 4.79 Å². The molecular formula is C20H27N3O2. The standard InChI is InChI=1S/C20H27N3O2/c1-14-7-8-17-16(12-22-23(17)15(14)2)19(24)21-13-20(9-5-10-20)18-6-3-4-11-25-18/h7-8,12,18H,3-6,9-11,13H2,1-2H3,(H,21,24). The summed E-state index contributed by atoms with van der Waals surface area (Å²) in [7, 11) is 0. The van der Waals surface area contributed by atoms with E-state index in [2.05, 4.69) is 17.3 Å². The Bertz CT molecular complexity index is 786. The largest absolute Gasteiger partial charge is 0.378 e. The van der Waals surface area contributed by atoms with E-state index in [4.69, 9.17) is 4.74 Å². The molecule has 5 nitrogen and oxygen atoms in total. The fourth-order valence-corrected chi connectivity index (χ4v) is 4.27. The van der Waals surface area contributed by atoms with Crippen LogP contribution in [0.25, 0.3) is 5.52 Å². The van der Waals surface area contributed by atoms with Crippen LogP contribution in [-0.2, 0) is 4.74 Å². The monoisotopic (exact) mass is 341 g/mol. The molecule has 1 aliphatic heterocycles. The second kappa shape index (κ2) is 6.45. The van der Waals surface area contributed by atoms with Crippen molar-refractivity contribution >= 4 is 11.4 Å². The molecule has 2 aromatic heterocycles. The van der Waals surface area contributed by atoms with Gasteiger partial charge < -0.3 is 10.1 Å².